The number of fused-ring (bicyclic) bond motifs is 1. The summed E-state index contributed by atoms with van der Waals surface area (Å²) in [6.45, 7) is 2.40. The summed E-state index contributed by atoms with van der Waals surface area (Å²) in [7, 11) is 0. The van der Waals surface area contributed by atoms with Crippen molar-refractivity contribution in [2.45, 2.75) is 13.5 Å². The van der Waals surface area contributed by atoms with Crippen LogP contribution in [-0.4, -0.2) is 5.91 Å². The van der Waals surface area contributed by atoms with Crippen molar-refractivity contribution < 1.29 is 9.21 Å². The van der Waals surface area contributed by atoms with Gasteiger partial charge in [-0.05, 0) is 18.6 Å². The molecule has 100 valence electrons. The van der Waals surface area contributed by atoms with Gasteiger partial charge in [-0.3, -0.25) is 4.79 Å². The van der Waals surface area contributed by atoms with Gasteiger partial charge < -0.3 is 9.73 Å². The summed E-state index contributed by atoms with van der Waals surface area (Å²) >= 11 is 0. The van der Waals surface area contributed by atoms with E-state index >= 15 is 0 Å². The van der Waals surface area contributed by atoms with Gasteiger partial charge in [0.2, 0.25) is 0 Å². The van der Waals surface area contributed by atoms with E-state index in [1.807, 2.05) is 61.5 Å². The minimum absolute atomic E-state index is 0.178. The van der Waals surface area contributed by atoms with E-state index in [9.17, 15) is 4.79 Å². The van der Waals surface area contributed by atoms with E-state index in [-0.39, 0.29) is 5.91 Å². The topological polar surface area (TPSA) is 42.2 Å². The second-order valence-corrected chi connectivity index (χ2v) is 4.72. The zero-order valence-corrected chi connectivity index (χ0v) is 11.2. The smallest absolute Gasteiger partial charge is 0.287 e. The van der Waals surface area contributed by atoms with Crippen molar-refractivity contribution in [3.05, 3.63) is 71.5 Å². The molecule has 3 rings (SSSR count). The van der Waals surface area contributed by atoms with Crippen molar-refractivity contribution in [3.63, 3.8) is 0 Å². The number of amides is 1. The quantitative estimate of drug-likeness (QED) is 0.785. The number of hydrogen-bond donors (Lipinski definition) is 1. The van der Waals surface area contributed by atoms with Gasteiger partial charge in [0.15, 0.2) is 5.76 Å². The lowest BCUT2D eigenvalue weighted by Crippen LogP contribution is -2.22. The molecule has 1 N–H and O–H groups in total. The maximum absolute atomic E-state index is 12.2. The van der Waals surface area contributed by atoms with Crippen molar-refractivity contribution in [1.29, 1.82) is 0 Å². The van der Waals surface area contributed by atoms with E-state index in [4.69, 9.17) is 4.42 Å². The second-order valence-electron chi connectivity index (χ2n) is 4.72. The molecule has 20 heavy (non-hydrogen) atoms. The van der Waals surface area contributed by atoms with Gasteiger partial charge in [-0.1, -0.05) is 48.5 Å². The lowest BCUT2D eigenvalue weighted by Gasteiger charge is -2.03. The van der Waals surface area contributed by atoms with Crippen LogP contribution in [0.15, 0.2) is 59.0 Å². The number of rotatable bonds is 3. The zero-order chi connectivity index (χ0) is 13.9. The highest BCUT2D eigenvalue weighted by Crippen LogP contribution is 2.24. The molecule has 0 bridgehead atoms. The average molecular weight is 265 g/mol. The molecule has 0 spiro atoms. The monoisotopic (exact) mass is 265 g/mol. The van der Waals surface area contributed by atoms with E-state index < -0.39 is 0 Å². The Balaban J connectivity index is 1.81. The van der Waals surface area contributed by atoms with E-state index in [0.29, 0.717) is 12.3 Å². The minimum Gasteiger partial charge on any atom is -0.451 e. The van der Waals surface area contributed by atoms with Crippen LogP contribution in [0.3, 0.4) is 0 Å². The van der Waals surface area contributed by atoms with Gasteiger partial charge in [-0.25, -0.2) is 0 Å². The van der Waals surface area contributed by atoms with Crippen LogP contribution in [0.25, 0.3) is 11.0 Å². The fourth-order valence-corrected chi connectivity index (χ4v) is 2.25. The largest absolute Gasteiger partial charge is 0.451 e. The predicted molar refractivity (Wildman–Crippen MR) is 78.6 cm³/mol. The normalized spacial score (nSPS) is 10.7. The fourth-order valence-electron chi connectivity index (χ4n) is 2.25. The number of benzene rings is 2. The van der Waals surface area contributed by atoms with E-state index in [1.54, 1.807) is 0 Å². The molecule has 3 aromatic rings. The molecule has 0 fully saturated rings. The highest BCUT2D eigenvalue weighted by atomic mass is 16.3. The molecule has 0 radical (unpaired) electrons. The third kappa shape index (κ3) is 2.30. The molecule has 0 saturated carbocycles. The first-order valence-corrected chi connectivity index (χ1v) is 6.56. The fraction of sp³-hybridized carbons (Fsp3) is 0.118. The lowest BCUT2D eigenvalue weighted by atomic mass is 10.1. The number of nitrogens with one attached hydrogen (secondary N) is 1. The van der Waals surface area contributed by atoms with Gasteiger partial charge in [0, 0.05) is 17.5 Å². The standard InChI is InChI=1S/C17H15NO2/c1-12-14-9-5-6-10-15(14)20-16(12)17(19)18-11-13-7-3-2-4-8-13/h2-10H,11H2,1H3,(H,18,19). The van der Waals surface area contributed by atoms with Crippen molar-refractivity contribution in [1.82, 2.24) is 5.32 Å². The van der Waals surface area contributed by atoms with Gasteiger partial charge in [0.1, 0.15) is 5.58 Å². The van der Waals surface area contributed by atoms with Gasteiger partial charge in [0.05, 0.1) is 0 Å². The Labute approximate surface area is 117 Å². The van der Waals surface area contributed by atoms with Crippen LogP contribution in [0, 0.1) is 6.92 Å². The first-order chi connectivity index (χ1) is 9.75. The third-order valence-corrected chi connectivity index (χ3v) is 3.35. The van der Waals surface area contributed by atoms with Crippen molar-refractivity contribution in [2.24, 2.45) is 0 Å². The Bertz CT molecular complexity index is 744. The van der Waals surface area contributed by atoms with Crippen LogP contribution in [0.2, 0.25) is 0 Å². The van der Waals surface area contributed by atoms with Crippen LogP contribution < -0.4 is 5.32 Å². The van der Waals surface area contributed by atoms with Crippen molar-refractivity contribution in [3.8, 4) is 0 Å². The summed E-state index contributed by atoms with van der Waals surface area (Å²) in [5.41, 5.74) is 2.69. The van der Waals surface area contributed by atoms with Gasteiger partial charge in [-0.2, -0.15) is 0 Å². The highest BCUT2D eigenvalue weighted by molar-refractivity contribution is 5.98. The molecule has 0 atom stereocenters. The van der Waals surface area contributed by atoms with Crippen LogP contribution in [0.5, 0.6) is 0 Å². The summed E-state index contributed by atoms with van der Waals surface area (Å²) in [6, 6.07) is 17.5. The third-order valence-electron chi connectivity index (χ3n) is 3.35. The highest BCUT2D eigenvalue weighted by Gasteiger charge is 2.16. The van der Waals surface area contributed by atoms with Gasteiger partial charge in [-0.15, -0.1) is 0 Å². The summed E-state index contributed by atoms with van der Waals surface area (Å²) in [4.78, 5) is 12.2. The van der Waals surface area contributed by atoms with Crippen molar-refractivity contribution in [2.75, 3.05) is 0 Å². The molecule has 2 aromatic carbocycles. The molecule has 3 nitrogen and oxygen atoms in total. The minimum atomic E-state index is -0.178. The summed E-state index contributed by atoms with van der Waals surface area (Å²) in [5, 5.41) is 3.87. The Kier molecular flexibility index (Phi) is 3.25. The maximum Gasteiger partial charge on any atom is 0.287 e. The van der Waals surface area contributed by atoms with Gasteiger partial charge >= 0.3 is 0 Å². The number of hydrogen-bond acceptors (Lipinski definition) is 2. The van der Waals surface area contributed by atoms with E-state index in [1.165, 1.54) is 0 Å². The number of para-hydroxylation sites is 1. The molecule has 0 unspecified atom stereocenters. The van der Waals surface area contributed by atoms with Crippen LogP contribution in [0.1, 0.15) is 21.7 Å². The summed E-state index contributed by atoms with van der Waals surface area (Å²) in [6.07, 6.45) is 0. The lowest BCUT2D eigenvalue weighted by molar-refractivity contribution is 0.0924. The van der Waals surface area contributed by atoms with Crippen molar-refractivity contribution >= 4 is 16.9 Å². The Morgan fingerprint density at radius 2 is 1.75 bits per heavy atom. The SMILES string of the molecule is Cc1c(C(=O)NCc2ccccc2)oc2ccccc12. The molecular formula is C17H15NO2. The second kappa shape index (κ2) is 5.21. The predicted octanol–water partition coefficient (Wildman–Crippen LogP) is 3.67. The molecule has 1 amide bonds. The molecule has 3 heteroatoms. The molecule has 0 aliphatic rings. The molecule has 1 aromatic heterocycles. The Morgan fingerprint density at radius 3 is 2.50 bits per heavy atom. The molecule has 0 aliphatic heterocycles. The first kappa shape index (κ1) is 12.5. The molecular weight excluding hydrogens is 250 g/mol. The van der Waals surface area contributed by atoms with E-state index in [2.05, 4.69) is 5.32 Å². The van der Waals surface area contributed by atoms with Gasteiger partial charge in [0.25, 0.3) is 5.91 Å². The number of furan rings is 1. The summed E-state index contributed by atoms with van der Waals surface area (Å²) < 4.78 is 5.64. The molecule has 1 heterocycles. The average Bonchev–Trinajstić information content (AvgIpc) is 2.84. The van der Waals surface area contributed by atoms with Crippen LogP contribution in [-0.2, 0) is 6.54 Å². The van der Waals surface area contributed by atoms with E-state index in [0.717, 1.165) is 22.1 Å². The Morgan fingerprint density at radius 1 is 1.05 bits per heavy atom. The molecule has 0 aliphatic carbocycles. The van der Waals surface area contributed by atoms with Crippen LogP contribution >= 0.6 is 0 Å². The molecule has 0 saturated heterocycles. The first-order valence-electron chi connectivity index (χ1n) is 6.56. The van der Waals surface area contributed by atoms with Crippen LogP contribution in [0.4, 0.5) is 0 Å². The number of carbonyl (C=O) groups is 1. The summed E-state index contributed by atoms with van der Waals surface area (Å²) in [5.74, 6) is 0.213. The number of aryl methyl sites for hydroxylation is 1. The zero-order valence-electron chi connectivity index (χ0n) is 11.2. The number of carbonyl (C=O) groups excluding carboxylic acids is 1. The Hall–Kier alpha value is -2.55. The maximum atomic E-state index is 12.2.